The fraction of sp³-hybridized carbons (Fsp3) is 0.333. The van der Waals surface area contributed by atoms with Gasteiger partial charge in [-0.15, -0.1) is 11.8 Å². The van der Waals surface area contributed by atoms with Crippen molar-refractivity contribution in [2.24, 2.45) is 0 Å². The van der Waals surface area contributed by atoms with E-state index < -0.39 is 46.4 Å². The molecular weight excluding hydrogens is 514 g/mol. The van der Waals surface area contributed by atoms with Crippen LogP contribution in [0.5, 0.6) is 5.75 Å². The minimum Gasteiger partial charge on any atom is -0.501 e. The number of aromatic hydroxyl groups is 1. The van der Waals surface area contributed by atoms with Gasteiger partial charge in [-0.25, -0.2) is 8.78 Å². The summed E-state index contributed by atoms with van der Waals surface area (Å²) in [6.45, 7) is 6.72. The molecule has 0 bridgehead atoms. The molecule has 0 spiro atoms. The Labute approximate surface area is 223 Å². The number of thioether (sulfide) groups is 1. The third-order valence-corrected chi connectivity index (χ3v) is 7.50. The van der Waals surface area contributed by atoms with Crippen molar-refractivity contribution in [2.45, 2.75) is 32.4 Å². The molecule has 1 atom stereocenters. The lowest BCUT2D eigenvalue weighted by atomic mass is 10.1. The van der Waals surface area contributed by atoms with Crippen LogP contribution < -0.4 is 5.56 Å². The topological polar surface area (TPSA) is 95.7 Å². The monoisotopic (exact) mass is 542 g/mol. The number of hydrogen-bond acceptors (Lipinski definition) is 6. The van der Waals surface area contributed by atoms with Crippen molar-refractivity contribution in [3.8, 4) is 5.75 Å². The van der Waals surface area contributed by atoms with E-state index in [9.17, 15) is 28.3 Å². The molecule has 8 nitrogen and oxygen atoms in total. The van der Waals surface area contributed by atoms with Crippen LogP contribution in [-0.2, 0) is 6.54 Å². The number of carbonyl (C=O) groups is 2. The highest BCUT2D eigenvalue weighted by Gasteiger charge is 2.39. The number of nitrogens with zero attached hydrogens (tertiary/aromatic N) is 4. The number of likely N-dealkylation sites (tertiary alicyclic amines) is 1. The van der Waals surface area contributed by atoms with E-state index in [0.29, 0.717) is 31.7 Å². The largest absolute Gasteiger partial charge is 0.501 e. The maximum Gasteiger partial charge on any atom is 0.315 e. The molecule has 2 amide bonds. The molecule has 200 valence electrons. The van der Waals surface area contributed by atoms with Crippen LogP contribution in [0.1, 0.15) is 52.5 Å². The van der Waals surface area contributed by atoms with Gasteiger partial charge in [0.15, 0.2) is 5.69 Å². The number of benzene rings is 1. The highest BCUT2D eigenvalue weighted by Crippen LogP contribution is 2.35. The van der Waals surface area contributed by atoms with E-state index in [0.717, 1.165) is 17.0 Å². The van der Waals surface area contributed by atoms with Gasteiger partial charge in [-0.3, -0.25) is 14.4 Å². The molecule has 4 rings (SSSR count). The van der Waals surface area contributed by atoms with Gasteiger partial charge in [0, 0.05) is 36.8 Å². The van der Waals surface area contributed by atoms with E-state index in [-0.39, 0.29) is 24.6 Å². The van der Waals surface area contributed by atoms with Gasteiger partial charge in [-0.05, 0) is 38.0 Å². The van der Waals surface area contributed by atoms with Gasteiger partial charge in [0.1, 0.15) is 23.0 Å². The summed E-state index contributed by atoms with van der Waals surface area (Å²) in [5.41, 5.74) is -1.86. The van der Waals surface area contributed by atoms with Gasteiger partial charge < -0.3 is 19.5 Å². The fourth-order valence-electron chi connectivity index (χ4n) is 4.77. The normalized spacial score (nSPS) is 17.8. The second-order valence-electron chi connectivity index (χ2n) is 8.82. The molecule has 3 heterocycles. The Balaban J connectivity index is 1.62. The van der Waals surface area contributed by atoms with E-state index in [1.54, 1.807) is 22.7 Å². The van der Waals surface area contributed by atoms with Gasteiger partial charge in [0.25, 0.3) is 11.8 Å². The maximum absolute atomic E-state index is 14.4. The third kappa shape index (κ3) is 5.28. The van der Waals surface area contributed by atoms with Gasteiger partial charge in [-0.1, -0.05) is 30.9 Å². The van der Waals surface area contributed by atoms with Crippen LogP contribution in [0.4, 0.5) is 8.78 Å². The fourth-order valence-corrected chi connectivity index (χ4v) is 5.75. The molecule has 1 aromatic heterocycles. The molecule has 2 aliphatic heterocycles. The van der Waals surface area contributed by atoms with Crippen LogP contribution in [0, 0.1) is 11.6 Å². The van der Waals surface area contributed by atoms with Crippen LogP contribution in [0.2, 0.25) is 0 Å². The van der Waals surface area contributed by atoms with Crippen molar-refractivity contribution >= 4 is 23.6 Å². The minimum atomic E-state index is -0.989. The van der Waals surface area contributed by atoms with E-state index in [4.69, 9.17) is 0 Å². The van der Waals surface area contributed by atoms with Gasteiger partial charge in [0.05, 0.1) is 6.04 Å². The molecular formula is C27H28F2N4O4S. The van der Waals surface area contributed by atoms with Gasteiger partial charge in [0.2, 0.25) is 5.75 Å². The van der Waals surface area contributed by atoms with Crippen molar-refractivity contribution in [1.29, 1.82) is 0 Å². The first-order valence-electron chi connectivity index (χ1n) is 12.2. The predicted molar refractivity (Wildman–Crippen MR) is 141 cm³/mol. The van der Waals surface area contributed by atoms with E-state index in [1.807, 2.05) is 25.2 Å². The number of aromatic nitrogens is 2. The lowest BCUT2D eigenvalue weighted by molar-refractivity contribution is 0.0687. The lowest BCUT2D eigenvalue weighted by Crippen LogP contribution is -2.45. The smallest absolute Gasteiger partial charge is 0.315 e. The molecule has 1 fully saturated rings. The Kier molecular flexibility index (Phi) is 8.45. The van der Waals surface area contributed by atoms with Crippen molar-refractivity contribution < 1.29 is 23.5 Å². The highest BCUT2D eigenvalue weighted by molar-refractivity contribution is 8.03. The number of allylic oxidation sites excluding steroid dienone is 4. The molecule has 2 aromatic rings. The first-order valence-corrected chi connectivity index (χ1v) is 13.2. The summed E-state index contributed by atoms with van der Waals surface area (Å²) in [5.74, 6) is -3.40. The zero-order valence-corrected chi connectivity index (χ0v) is 21.7. The molecule has 0 aliphatic carbocycles. The first kappa shape index (κ1) is 27.3. The summed E-state index contributed by atoms with van der Waals surface area (Å²) in [5, 5.41) is 10.5. The quantitative estimate of drug-likeness (QED) is 0.506. The number of hydrogen-bond donors (Lipinski definition) is 1. The number of halogens is 2. The van der Waals surface area contributed by atoms with E-state index in [2.05, 4.69) is 11.6 Å². The van der Waals surface area contributed by atoms with E-state index in [1.165, 1.54) is 15.5 Å². The van der Waals surface area contributed by atoms with E-state index >= 15 is 0 Å². The molecule has 1 saturated heterocycles. The minimum absolute atomic E-state index is 0.122. The van der Waals surface area contributed by atoms with Crippen LogP contribution in [0.3, 0.4) is 0 Å². The first-order chi connectivity index (χ1) is 18.3. The van der Waals surface area contributed by atoms with Gasteiger partial charge >= 0.3 is 5.56 Å². The Bertz CT molecular complexity index is 1370. The van der Waals surface area contributed by atoms with Crippen molar-refractivity contribution in [3.05, 3.63) is 93.1 Å². The molecule has 2 aliphatic rings. The predicted octanol–water partition coefficient (Wildman–Crippen LogP) is 4.04. The average molecular weight is 543 g/mol. The third-order valence-electron chi connectivity index (χ3n) is 6.50. The number of fused-ring (bicyclic) bond motifs is 1. The number of rotatable bonds is 8. The molecule has 1 aromatic carbocycles. The van der Waals surface area contributed by atoms with Crippen molar-refractivity contribution in [3.63, 3.8) is 0 Å². The van der Waals surface area contributed by atoms with Crippen molar-refractivity contribution in [2.75, 3.05) is 25.4 Å². The Morgan fingerprint density at radius 2 is 1.97 bits per heavy atom. The van der Waals surface area contributed by atoms with Crippen molar-refractivity contribution in [1.82, 2.24) is 19.4 Å². The maximum atomic E-state index is 14.4. The summed E-state index contributed by atoms with van der Waals surface area (Å²) in [6.07, 6.45) is 8.29. The second kappa shape index (κ2) is 11.8. The summed E-state index contributed by atoms with van der Waals surface area (Å²) in [4.78, 5) is 47.0. The standard InChI is InChI=1S/C27H28F2N4O4S/c1-3-7-17(8-4-2)38-16-15-31-13-14-33-22(27(31)37)23(34)25(35)30-24(33)20-11-6-12-32(20)26(36)21-18(28)9-5-10-19(21)29/h3-5,7-10,20,34H,1,6,11-16H2,2H3/b8-4-,17-7+/t20-/m0/s1. The van der Waals surface area contributed by atoms with Crippen LogP contribution >= 0.6 is 11.8 Å². The molecule has 38 heavy (non-hydrogen) atoms. The summed E-state index contributed by atoms with van der Waals surface area (Å²) in [7, 11) is 0. The summed E-state index contributed by atoms with van der Waals surface area (Å²) in [6, 6.07) is 2.41. The zero-order valence-electron chi connectivity index (χ0n) is 20.9. The molecule has 0 radical (unpaired) electrons. The number of carbonyl (C=O) groups excluding carboxylic acids is 2. The van der Waals surface area contributed by atoms with Crippen LogP contribution in [-0.4, -0.2) is 61.7 Å². The van der Waals surface area contributed by atoms with Crippen LogP contribution in [0.25, 0.3) is 0 Å². The Hall–Kier alpha value is -3.73. The average Bonchev–Trinajstić information content (AvgIpc) is 3.37. The zero-order chi connectivity index (χ0) is 27.4. The molecule has 0 saturated carbocycles. The Morgan fingerprint density at radius 1 is 1.24 bits per heavy atom. The lowest BCUT2D eigenvalue weighted by Gasteiger charge is -2.33. The Morgan fingerprint density at radius 3 is 2.66 bits per heavy atom. The highest BCUT2D eigenvalue weighted by atomic mass is 32.2. The SMILES string of the molecule is C=C/C=C(\C=C/C)SCCN1CCn2c([C@@H]3CCCN3C(=O)c3c(F)cccc3F)nc(=O)c(O)c2C1=O. The second-order valence-corrected chi connectivity index (χ2v) is 9.99. The number of amides is 2. The molecule has 1 N–H and O–H groups in total. The molecule has 11 heteroatoms. The summed E-state index contributed by atoms with van der Waals surface area (Å²) < 4.78 is 30.2. The van der Waals surface area contributed by atoms with Crippen LogP contribution in [0.15, 0.2) is 58.8 Å². The van der Waals surface area contributed by atoms with Gasteiger partial charge in [-0.2, -0.15) is 4.98 Å². The molecule has 0 unspecified atom stereocenters. The summed E-state index contributed by atoms with van der Waals surface area (Å²) >= 11 is 1.54.